The summed E-state index contributed by atoms with van der Waals surface area (Å²) in [5.41, 5.74) is -0.396. The fraction of sp³-hybridized carbons (Fsp3) is 0.600. The van der Waals surface area contributed by atoms with Crippen LogP contribution in [0.3, 0.4) is 0 Å². The summed E-state index contributed by atoms with van der Waals surface area (Å²) in [4.78, 5) is 0. The third-order valence-corrected chi connectivity index (χ3v) is 4.37. The van der Waals surface area contributed by atoms with Gasteiger partial charge in [-0.1, -0.05) is 44.9 Å². The van der Waals surface area contributed by atoms with Crippen molar-refractivity contribution < 1.29 is 13.2 Å². The molecule has 0 spiro atoms. The Morgan fingerprint density at radius 3 is 2.10 bits per heavy atom. The molecule has 0 heterocycles. The smallest absolute Gasteiger partial charge is 0.209 e. The molecule has 0 aliphatic carbocycles. The maximum Gasteiger partial charge on any atom is 0.209 e. The van der Waals surface area contributed by atoms with E-state index in [-0.39, 0.29) is 5.75 Å². The molecule has 1 aromatic rings. The van der Waals surface area contributed by atoms with Crippen molar-refractivity contribution >= 4 is 10.0 Å². The van der Waals surface area contributed by atoms with E-state index in [0.29, 0.717) is 6.61 Å². The minimum Gasteiger partial charge on any atom is -0.493 e. The van der Waals surface area contributed by atoms with Crippen molar-refractivity contribution in [3.05, 3.63) is 30.3 Å². The summed E-state index contributed by atoms with van der Waals surface area (Å²) in [6.45, 7) is 4.49. The summed E-state index contributed by atoms with van der Waals surface area (Å²) in [5.74, 6) is 0.743. The molecular formula is C15H25NO3S. The Morgan fingerprint density at radius 2 is 1.65 bits per heavy atom. The normalized spacial score (nSPS) is 12.3. The first kappa shape index (κ1) is 17.0. The van der Waals surface area contributed by atoms with Crippen molar-refractivity contribution in [2.24, 2.45) is 10.6 Å². The van der Waals surface area contributed by atoms with Crippen LogP contribution in [0.2, 0.25) is 0 Å². The zero-order valence-corrected chi connectivity index (χ0v) is 13.2. The average Bonchev–Trinajstić information content (AvgIpc) is 2.36. The first-order valence-corrected chi connectivity index (χ1v) is 8.81. The van der Waals surface area contributed by atoms with Crippen molar-refractivity contribution in [2.45, 2.75) is 39.5 Å². The van der Waals surface area contributed by atoms with Crippen LogP contribution in [-0.2, 0) is 10.0 Å². The number of benzene rings is 1. The zero-order valence-electron chi connectivity index (χ0n) is 12.3. The van der Waals surface area contributed by atoms with Gasteiger partial charge in [0.05, 0.1) is 12.4 Å². The molecule has 2 N–H and O–H groups in total. The molecule has 1 rings (SSSR count). The van der Waals surface area contributed by atoms with Gasteiger partial charge in [0.2, 0.25) is 10.0 Å². The predicted molar refractivity (Wildman–Crippen MR) is 82.2 cm³/mol. The maximum absolute atomic E-state index is 11.5. The summed E-state index contributed by atoms with van der Waals surface area (Å²) in [6, 6.07) is 9.47. The van der Waals surface area contributed by atoms with E-state index in [1.54, 1.807) is 0 Å². The summed E-state index contributed by atoms with van der Waals surface area (Å²) >= 11 is 0. The van der Waals surface area contributed by atoms with E-state index in [9.17, 15) is 8.42 Å². The molecule has 0 saturated carbocycles. The second-order valence-electron chi connectivity index (χ2n) is 5.41. The Labute approximate surface area is 122 Å². The van der Waals surface area contributed by atoms with Crippen LogP contribution in [0.1, 0.15) is 39.5 Å². The van der Waals surface area contributed by atoms with E-state index in [2.05, 4.69) is 13.8 Å². The van der Waals surface area contributed by atoms with Gasteiger partial charge < -0.3 is 4.74 Å². The van der Waals surface area contributed by atoms with Gasteiger partial charge in [-0.3, -0.25) is 0 Å². The molecule has 0 bridgehead atoms. The fourth-order valence-electron chi connectivity index (χ4n) is 2.70. The van der Waals surface area contributed by atoms with Gasteiger partial charge >= 0.3 is 0 Å². The fourth-order valence-corrected chi connectivity index (χ4v) is 3.92. The summed E-state index contributed by atoms with van der Waals surface area (Å²) in [6.07, 6.45) is 3.41. The van der Waals surface area contributed by atoms with Gasteiger partial charge in [-0.2, -0.15) is 0 Å². The lowest BCUT2D eigenvalue weighted by Gasteiger charge is -2.32. The lowest BCUT2D eigenvalue weighted by molar-refractivity contribution is 0.141. The number of primary sulfonamides is 1. The lowest BCUT2D eigenvalue weighted by atomic mass is 9.82. The molecule has 0 radical (unpaired) electrons. The molecule has 1 aromatic carbocycles. The first-order valence-electron chi connectivity index (χ1n) is 7.09. The SMILES string of the molecule is CCCC(CCC)(COc1ccccc1)CS(N)(=O)=O. The van der Waals surface area contributed by atoms with Gasteiger partial charge in [0.15, 0.2) is 0 Å². The third-order valence-electron chi connectivity index (χ3n) is 3.36. The lowest BCUT2D eigenvalue weighted by Crippen LogP contribution is -2.38. The molecule has 0 aromatic heterocycles. The number of hydrogen-bond acceptors (Lipinski definition) is 3. The summed E-state index contributed by atoms with van der Waals surface area (Å²) in [5, 5.41) is 5.27. The highest BCUT2D eigenvalue weighted by Crippen LogP contribution is 2.32. The second-order valence-corrected chi connectivity index (χ2v) is 7.02. The van der Waals surface area contributed by atoms with Gasteiger partial charge in [-0.25, -0.2) is 13.6 Å². The van der Waals surface area contributed by atoms with E-state index in [0.717, 1.165) is 31.4 Å². The topological polar surface area (TPSA) is 69.4 Å². The molecule has 0 aliphatic heterocycles. The number of ether oxygens (including phenoxy) is 1. The number of rotatable bonds is 9. The van der Waals surface area contributed by atoms with Crippen LogP contribution < -0.4 is 9.88 Å². The highest BCUT2D eigenvalue weighted by molar-refractivity contribution is 7.89. The van der Waals surface area contributed by atoms with Crippen molar-refractivity contribution in [3.8, 4) is 5.75 Å². The van der Waals surface area contributed by atoms with Crippen LogP contribution in [0, 0.1) is 5.41 Å². The van der Waals surface area contributed by atoms with Crippen LogP contribution in [0.25, 0.3) is 0 Å². The Morgan fingerprint density at radius 1 is 1.10 bits per heavy atom. The standard InChI is InChI=1S/C15H25NO3S/c1-3-10-15(11-4-2,13-20(16,17)18)12-19-14-8-6-5-7-9-14/h5-9H,3-4,10-13H2,1-2H3,(H2,16,17,18). The van der Waals surface area contributed by atoms with E-state index >= 15 is 0 Å². The number of hydrogen-bond donors (Lipinski definition) is 1. The van der Waals surface area contributed by atoms with E-state index in [1.165, 1.54) is 0 Å². The van der Waals surface area contributed by atoms with Crippen LogP contribution in [-0.4, -0.2) is 20.8 Å². The van der Waals surface area contributed by atoms with E-state index in [1.807, 2.05) is 30.3 Å². The molecule has 0 saturated heterocycles. The summed E-state index contributed by atoms with van der Waals surface area (Å²) < 4.78 is 28.9. The molecule has 0 unspecified atom stereocenters. The first-order chi connectivity index (χ1) is 9.41. The van der Waals surface area contributed by atoms with Gasteiger partial charge in [-0.05, 0) is 25.0 Å². The van der Waals surface area contributed by atoms with Crippen molar-refractivity contribution in [2.75, 3.05) is 12.4 Å². The summed E-state index contributed by atoms with van der Waals surface area (Å²) in [7, 11) is -3.51. The average molecular weight is 299 g/mol. The Bertz CT molecular complexity index is 479. The number of nitrogens with two attached hydrogens (primary N) is 1. The Hall–Kier alpha value is -1.07. The van der Waals surface area contributed by atoms with Crippen LogP contribution in [0.4, 0.5) is 0 Å². The Kier molecular flexibility index (Phi) is 6.49. The molecular weight excluding hydrogens is 274 g/mol. The van der Waals surface area contributed by atoms with Gasteiger partial charge in [0, 0.05) is 5.41 Å². The van der Waals surface area contributed by atoms with Crippen molar-refractivity contribution in [1.82, 2.24) is 0 Å². The van der Waals surface area contributed by atoms with Crippen molar-refractivity contribution in [3.63, 3.8) is 0 Å². The predicted octanol–water partition coefficient (Wildman–Crippen LogP) is 2.94. The quantitative estimate of drug-likeness (QED) is 0.762. The largest absolute Gasteiger partial charge is 0.493 e. The highest BCUT2D eigenvalue weighted by Gasteiger charge is 2.33. The third kappa shape index (κ3) is 5.92. The second kappa shape index (κ2) is 7.64. The number of para-hydroxylation sites is 1. The molecule has 0 amide bonds. The molecule has 20 heavy (non-hydrogen) atoms. The number of sulfonamides is 1. The molecule has 5 heteroatoms. The van der Waals surface area contributed by atoms with Crippen LogP contribution in [0.5, 0.6) is 5.75 Å². The molecule has 114 valence electrons. The van der Waals surface area contributed by atoms with Crippen LogP contribution >= 0.6 is 0 Å². The van der Waals surface area contributed by atoms with E-state index < -0.39 is 15.4 Å². The van der Waals surface area contributed by atoms with Gasteiger partial charge in [0.1, 0.15) is 5.75 Å². The van der Waals surface area contributed by atoms with Crippen LogP contribution in [0.15, 0.2) is 30.3 Å². The molecule has 0 atom stereocenters. The molecule has 0 aliphatic rings. The molecule has 0 fully saturated rings. The van der Waals surface area contributed by atoms with Crippen molar-refractivity contribution in [1.29, 1.82) is 0 Å². The van der Waals surface area contributed by atoms with Gasteiger partial charge in [0.25, 0.3) is 0 Å². The minimum atomic E-state index is -3.51. The highest BCUT2D eigenvalue weighted by atomic mass is 32.2. The van der Waals surface area contributed by atoms with Gasteiger partial charge in [-0.15, -0.1) is 0 Å². The Balaban J connectivity index is 2.84. The monoisotopic (exact) mass is 299 g/mol. The zero-order chi connectivity index (χ0) is 15.1. The van der Waals surface area contributed by atoms with E-state index in [4.69, 9.17) is 9.88 Å². The minimum absolute atomic E-state index is 0.0193. The molecule has 4 nitrogen and oxygen atoms in total. The maximum atomic E-state index is 11.5.